The standard InChI is InChI=1S/C19H20N4O2/c1-13-14(7-6-12-25-13)19(24)22-18-17(15-8-2-4-10-20-15)21-16-9-3-5-11-23(16)18/h2-5,8-11,13-14H,6-7,12H2,1H3,(H,22,24). The Kier molecular flexibility index (Phi) is 4.19. The Morgan fingerprint density at radius 2 is 2.16 bits per heavy atom. The van der Waals surface area contributed by atoms with Crippen molar-refractivity contribution in [1.29, 1.82) is 0 Å². The number of fused-ring (bicyclic) bond motifs is 1. The predicted octanol–water partition coefficient (Wildman–Crippen LogP) is 3.15. The summed E-state index contributed by atoms with van der Waals surface area (Å²) in [7, 11) is 0. The molecule has 3 aromatic heterocycles. The Morgan fingerprint density at radius 3 is 2.96 bits per heavy atom. The number of nitrogens with one attached hydrogen (secondary N) is 1. The van der Waals surface area contributed by atoms with Crippen molar-refractivity contribution in [2.45, 2.75) is 25.9 Å². The second-order valence-corrected chi connectivity index (χ2v) is 6.27. The second-order valence-electron chi connectivity index (χ2n) is 6.27. The van der Waals surface area contributed by atoms with Gasteiger partial charge in [0.25, 0.3) is 0 Å². The van der Waals surface area contributed by atoms with Crippen molar-refractivity contribution >= 4 is 17.4 Å². The molecule has 0 spiro atoms. The van der Waals surface area contributed by atoms with Crippen LogP contribution in [-0.2, 0) is 9.53 Å². The van der Waals surface area contributed by atoms with Crippen LogP contribution in [0.5, 0.6) is 0 Å². The molecule has 0 radical (unpaired) electrons. The lowest BCUT2D eigenvalue weighted by Crippen LogP contribution is -2.36. The SMILES string of the molecule is CC1OCCCC1C(=O)Nc1c(-c2ccccn2)nc2ccccn12. The van der Waals surface area contributed by atoms with Gasteiger partial charge in [0.05, 0.1) is 17.7 Å². The molecule has 2 atom stereocenters. The molecule has 2 unspecified atom stereocenters. The van der Waals surface area contributed by atoms with Gasteiger partial charge in [-0.1, -0.05) is 12.1 Å². The Bertz CT molecular complexity index is 891. The van der Waals surface area contributed by atoms with Crippen LogP contribution in [0, 0.1) is 5.92 Å². The first-order valence-corrected chi connectivity index (χ1v) is 8.55. The molecule has 6 heteroatoms. The first kappa shape index (κ1) is 15.8. The third kappa shape index (κ3) is 3.00. The molecule has 1 N–H and O–H groups in total. The highest BCUT2D eigenvalue weighted by Gasteiger charge is 2.30. The number of hydrogen-bond donors (Lipinski definition) is 1. The van der Waals surface area contributed by atoms with E-state index in [1.54, 1.807) is 6.20 Å². The van der Waals surface area contributed by atoms with E-state index < -0.39 is 0 Å². The molecule has 1 aliphatic heterocycles. The van der Waals surface area contributed by atoms with E-state index in [1.807, 2.05) is 53.9 Å². The Morgan fingerprint density at radius 1 is 1.28 bits per heavy atom. The molecule has 4 rings (SSSR count). The van der Waals surface area contributed by atoms with Gasteiger partial charge in [0.15, 0.2) is 0 Å². The maximum atomic E-state index is 12.9. The zero-order valence-corrected chi connectivity index (χ0v) is 14.1. The van der Waals surface area contributed by atoms with Crippen molar-refractivity contribution in [2.24, 2.45) is 5.92 Å². The fourth-order valence-corrected chi connectivity index (χ4v) is 3.27. The van der Waals surface area contributed by atoms with E-state index in [2.05, 4.69) is 15.3 Å². The Hall–Kier alpha value is -2.73. The quantitative estimate of drug-likeness (QED) is 0.798. The molecular weight excluding hydrogens is 316 g/mol. The van der Waals surface area contributed by atoms with Gasteiger partial charge in [-0.3, -0.25) is 14.2 Å². The molecule has 0 aliphatic carbocycles. The van der Waals surface area contributed by atoms with Crippen LogP contribution in [0.15, 0.2) is 48.8 Å². The number of amides is 1. The zero-order valence-electron chi connectivity index (χ0n) is 14.1. The van der Waals surface area contributed by atoms with Gasteiger partial charge >= 0.3 is 0 Å². The zero-order chi connectivity index (χ0) is 17.2. The molecule has 1 amide bonds. The molecule has 128 valence electrons. The smallest absolute Gasteiger partial charge is 0.231 e. The Balaban J connectivity index is 1.74. The van der Waals surface area contributed by atoms with E-state index in [0.29, 0.717) is 11.5 Å². The lowest BCUT2D eigenvalue weighted by atomic mass is 9.94. The summed E-state index contributed by atoms with van der Waals surface area (Å²) in [5.41, 5.74) is 2.17. The van der Waals surface area contributed by atoms with Gasteiger partial charge in [0.2, 0.25) is 5.91 Å². The summed E-state index contributed by atoms with van der Waals surface area (Å²) >= 11 is 0. The molecule has 1 fully saturated rings. The van der Waals surface area contributed by atoms with E-state index in [-0.39, 0.29) is 17.9 Å². The molecule has 0 aromatic carbocycles. The van der Waals surface area contributed by atoms with E-state index in [9.17, 15) is 4.79 Å². The lowest BCUT2D eigenvalue weighted by molar-refractivity contribution is -0.127. The van der Waals surface area contributed by atoms with Crippen molar-refractivity contribution < 1.29 is 9.53 Å². The van der Waals surface area contributed by atoms with Gasteiger partial charge in [-0.15, -0.1) is 0 Å². The van der Waals surface area contributed by atoms with Crippen LogP contribution in [0.25, 0.3) is 17.0 Å². The minimum absolute atomic E-state index is 0.0324. The van der Waals surface area contributed by atoms with Gasteiger partial charge in [0.1, 0.15) is 17.2 Å². The molecule has 0 bridgehead atoms. The summed E-state index contributed by atoms with van der Waals surface area (Å²) in [6.45, 7) is 2.68. The number of ether oxygens (including phenoxy) is 1. The first-order chi connectivity index (χ1) is 12.2. The maximum Gasteiger partial charge on any atom is 0.231 e. The number of anilines is 1. The molecule has 1 aliphatic rings. The third-order valence-corrected chi connectivity index (χ3v) is 4.62. The minimum atomic E-state index is -0.153. The highest BCUT2D eigenvalue weighted by Crippen LogP contribution is 2.29. The highest BCUT2D eigenvalue weighted by molar-refractivity contribution is 5.96. The number of pyridine rings is 2. The average Bonchev–Trinajstić information content (AvgIpc) is 3.01. The summed E-state index contributed by atoms with van der Waals surface area (Å²) in [6, 6.07) is 11.4. The van der Waals surface area contributed by atoms with E-state index >= 15 is 0 Å². The predicted molar refractivity (Wildman–Crippen MR) is 95.2 cm³/mol. The summed E-state index contributed by atoms with van der Waals surface area (Å²) in [5, 5.41) is 3.07. The van der Waals surface area contributed by atoms with Crippen LogP contribution in [0.4, 0.5) is 5.82 Å². The second kappa shape index (κ2) is 6.64. The number of carbonyl (C=O) groups excluding carboxylic acids is 1. The van der Waals surface area contributed by atoms with Crippen LogP contribution in [0.1, 0.15) is 19.8 Å². The van der Waals surface area contributed by atoms with Crippen molar-refractivity contribution in [2.75, 3.05) is 11.9 Å². The fraction of sp³-hybridized carbons (Fsp3) is 0.316. The monoisotopic (exact) mass is 336 g/mol. The van der Waals surface area contributed by atoms with Crippen molar-refractivity contribution in [3.05, 3.63) is 48.8 Å². The summed E-state index contributed by atoms with van der Waals surface area (Å²) < 4.78 is 7.52. The van der Waals surface area contributed by atoms with Crippen molar-refractivity contribution in [3.63, 3.8) is 0 Å². The van der Waals surface area contributed by atoms with E-state index in [0.717, 1.165) is 30.8 Å². The normalized spacial score (nSPS) is 20.5. The van der Waals surface area contributed by atoms with Gasteiger partial charge in [-0.2, -0.15) is 0 Å². The summed E-state index contributed by atoms with van der Waals surface area (Å²) in [6.07, 6.45) is 5.28. The number of rotatable bonds is 3. The number of hydrogen-bond acceptors (Lipinski definition) is 4. The molecule has 3 aromatic rings. The number of imidazole rings is 1. The molecule has 6 nitrogen and oxygen atoms in total. The number of aromatic nitrogens is 3. The van der Waals surface area contributed by atoms with Crippen molar-refractivity contribution in [3.8, 4) is 11.4 Å². The number of nitrogens with zero attached hydrogens (tertiary/aromatic N) is 3. The topological polar surface area (TPSA) is 68.5 Å². The lowest BCUT2D eigenvalue weighted by Gasteiger charge is -2.28. The van der Waals surface area contributed by atoms with Crippen LogP contribution < -0.4 is 5.32 Å². The first-order valence-electron chi connectivity index (χ1n) is 8.55. The molecule has 4 heterocycles. The van der Waals surface area contributed by atoms with Gasteiger partial charge in [-0.25, -0.2) is 4.98 Å². The molecule has 25 heavy (non-hydrogen) atoms. The highest BCUT2D eigenvalue weighted by atomic mass is 16.5. The van der Waals surface area contributed by atoms with Crippen LogP contribution in [-0.4, -0.2) is 33.0 Å². The third-order valence-electron chi connectivity index (χ3n) is 4.62. The molecule has 1 saturated heterocycles. The van der Waals surface area contributed by atoms with Crippen LogP contribution in [0.3, 0.4) is 0 Å². The maximum absolute atomic E-state index is 12.9. The largest absolute Gasteiger partial charge is 0.378 e. The number of carbonyl (C=O) groups is 1. The van der Waals surface area contributed by atoms with E-state index in [4.69, 9.17) is 4.74 Å². The molecular formula is C19H20N4O2. The van der Waals surface area contributed by atoms with Crippen molar-refractivity contribution in [1.82, 2.24) is 14.4 Å². The Labute approximate surface area is 145 Å². The molecule has 0 saturated carbocycles. The van der Waals surface area contributed by atoms with Crippen LogP contribution >= 0.6 is 0 Å². The van der Waals surface area contributed by atoms with Gasteiger partial charge < -0.3 is 10.1 Å². The summed E-state index contributed by atoms with van der Waals surface area (Å²) in [5.74, 6) is 0.465. The van der Waals surface area contributed by atoms with E-state index in [1.165, 1.54) is 0 Å². The minimum Gasteiger partial charge on any atom is -0.378 e. The van der Waals surface area contributed by atoms with Crippen LogP contribution in [0.2, 0.25) is 0 Å². The summed E-state index contributed by atoms with van der Waals surface area (Å²) in [4.78, 5) is 21.9. The van der Waals surface area contributed by atoms with Gasteiger partial charge in [-0.05, 0) is 44.0 Å². The van der Waals surface area contributed by atoms with Gasteiger partial charge in [0, 0.05) is 19.0 Å². The average molecular weight is 336 g/mol. The fourth-order valence-electron chi connectivity index (χ4n) is 3.27.